The van der Waals surface area contributed by atoms with Crippen LogP contribution in [0.2, 0.25) is 5.02 Å². The van der Waals surface area contributed by atoms with Crippen molar-refractivity contribution in [3.63, 3.8) is 0 Å². The average Bonchev–Trinajstić information content (AvgIpc) is 2.32. The minimum atomic E-state index is -0.670. The molecular formula is C13H9BrClFN2O. The quantitative estimate of drug-likeness (QED) is 0.807. The fraction of sp³-hybridized carbons (Fsp3) is 0. The van der Waals surface area contributed by atoms with Crippen molar-refractivity contribution in [2.45, 2.75) is 0 Å². The molecule has 0 unspecified atom stereocenters. The lowest BCUT2D eigenvalue weighted by molar-refractivity contribution is 0.102. The normalized spacial score (nSPS) is 10.3. The third kappa shape index (κ3) is 3.24. The average molecular weight is 344 g/mol. The zero-order valence-electron chi connectivity index (χ0n) is 9.58. The van der Waals surface area contributed by atoms with Crippen LogP contribution in [0.4, 0.5) is 15.8 Å². The summed E-state index contributed by atoms with van der Waals surface area (Å²) in [5.74, 6) is -1.23. The number of carbonyl (C=O) groups excluding carboxylic acids is 1. The Morgan fingerprint density at radius 3 is 2.63 bits per heavy atom. The Balaban J connectivity index is 2.25. The fourth-order valence-corrected chi connectivity index (χ4v) is 2.15. The van der Waals surface area contributed by atoms with E-state index in [-0.39, 0.29) is 10.6 Å². The van der Waals surface area contributed by atoms with Gasteiger partial charge >= 0.3 is 0 Å². The number of nitrogens with two attached hydrogens (primary N) is 1. The van der Waals surface area contributed by atoms with Crippen LogP contribution in [0.25, 0.3) is 0 Å². The highest BCUT2D eigenvalue weighted by Crippen LogP contribution is 2.25. The number of benzene rings is 2. The molecule has 3 N–H and O–H groups in total. The number of nitrogens with one attached hydrogen (secondary N) is 1. The first-order valence-corrected chi connectivity index (χ1v) is 6.46. The van der Waals surface area contributed by atoms with Gasteiger partial charge < -0.3 is 11.1 Å². The molecule has 0 aromatic heterocycles. The summed E-state index contributed by atoms with van der Waals surface area (Å²) >= 11 is 8.90. The molecule has 0 heterocycles. The van der Waals surface area contributed by atoms with E-state index < -0.39 is 11.7 Å². The number of halogens is 3. The van der Waals surface area contributed by atoms with Crippen LogP contribution >= 0.6 is 27.5 Å². The van der Waals surface area contributed by atoms with Crippen molar-refractivity contribution < 1.29 is 9.18 Å². The van der Waals surface area contributed by atoms with Gasteiger partial charge in [0.25, 0.3) is 5.91 Å². The first kappa shape index (κ1) is 13.8. The van der Waals surface area contributed by atoms with Crippen molar-refractivity contribution >= 4 is 44.8 Å². The monoisotopic (exact) mass is 342 g/mol. The molecule has 98 valence electrons. The lowest BCUT2D eigenvalue weighted by Crippen LogP contribution is -2.14. The maximum atomic E-state index is 13.6. The molecule has 1 amide bonds. The summed E-state index contributed by atoms with van der Waals surface area (Å²) in [4.78, 5) is 11.9. The van der Waals surface area contributed by atoms with E-state index in [1.165, 1.54) is 12.1 Å². The second kappa shape index (κ2) is 5.59. The predicted molar refractivity (Wildman–Crippen MR) is 77.9 cm³/mol. The number of carbonyl (C=O) groups is 1. The number of amides is 1. The Kier molecular flexibility index (Phi) is 4.07. The summed E-state index contributed by atoms with van der Waals surface area (Å²) < 4.78 is 14.2. The second-order valence-corrected chi connectivity index (χ2v) is 5.11. The van der Waals surface area contributed by atoms with Gasteiger partial charge in [-0.05, 0) is 52.3 Å². The van der Waals surface area contributed by atoms with Gasteiger partial charge in [0.05, 0.1) is 11.3 Å². The van der Waals surface area contributed by atoms with E-state index in [1.807, 2.05) is 0 Å². The summed E-state index contributed by atoms with van der Waals surface area (Å²) in [6, 6.07) is 8.79. The summed E-state index contributed by atoms with van der Waals surface area (Å²) in [5, 5.41) is 2.83. The van der Waals surface area contributed by atoms with Crippen molar-refractivity contribution in [1.82, 2.24) is 0 Å². The van der Waals surface area contributed by atoms with E-state index in [1.54, 1.807) is 18.2 Å². The Bertz CT molecular complexity index is 649. The maximum absolute atomic E-state index is 13.6. The van der Waals surface area contributed by atoms with Gasteiger partial charge in [0.15, 0.2) is 0 Å². The first-order valence-electron chi connectivity index (χ1n) is 5.29. The molecule has 0 saturated carbocycles. The largest absolute Gasteiger partial charge is 0.399 e. The highest BCUT2D eigenvalue weighted by molar-refractivity contribution is 9.10. The smallest absolute Gasteiger partial charge is 0.258 e. The van der Waals surface area contributed by atoms with Crippen molar-refractivity contribution in [1.29, 1.82) is 0 Å². The molecule has 0 spiro atoms. The number of hydrogen-bond acceptors (Lipinski definition) is 2. The van der Waals surface area contributed by atoms with Crippen LogP contribution in [0.1, 0.15) is 10.4 Å². The van der Waals surface area contributed by atoms with E-state index in [0.29, 0.717) is 15.8 Å². The lowest BCUT2D eigenvalue weighted by Gasteiger charge is -2.08. The van der Waals surface area contributed by atoms with Gasteiger partial charge in [-0.3, -0.25) is 4.79 Å². The van der Waals surface area contributed by atoms with E-state index in [0.717, 1.165) is 6.07 Å². The Morgan fingerprint density at radius 1 is 1.26 bits per heavy atom. The van der Waals surface area contributed by atoms with Crippen LogP contribution < -0.4 is 11.1 Å². The van der Waals surface area contributed by atoms with Gasteiger partial charge in [-0.25, -0.2) is 4.39 Å². The molecule has 0 aliphatic heterocycles. The predicted octanol–water partition coefficient (Wildman–Crippen LogP) is 4.08. The summed E-state index contributed by atoms with van der Waals surface area (Å²) in [6.45, 7) is 0. The molecule has 19 heavy (non-hydrogen) atoms. The van der Waals surface area contributed by atoms with Crippen LogP contribution in [0, 0.1) is 5.82 Å². The molecule has 0 bridgehead atoms. The van der Waals surface area contributed by atoms with E-state index in [2.05, 4.69) is 21.2 Å². The van der Waals surface area contributed by atoms with E-state index >= 15 is 0 Å². The summed E-state index contributed by atoms with van der Waals surface area (Å²) in [5.41, 5.74) is 6.58. The number of rotatable bonds is 2. The third-order valence-electron chi connectivity index (χ3n) is 2.42. The molecule has 0 aliphatic rings. The van der Waals surface area contributed by atoms with Gasteiger partial charge in [-0.15, -0.1) is 0 Å². The molecule has 2 aromatic carbocycles. The van der Waals surface area contributed by atoms with Crippen molar-refractivity contribution in [2.24, 2.45) is 0 Å². The Hall–Kier alpha value is -1.59. The topological polar surface area (TPSA) is 55.1 Å². The highest BCUT2D eigenvalue weighted by atomic mass is 79.9. The van der Waals surface area contributed by atoms with Crippen LogP contribution in [0.3, 0.4) is 0 Å². The summed E-state index contributed by atoms with van der Waals surface area (Å²) in [7, 11) is 0. The minimum Gasteiger partial charge on any atom is -0.399 e. The van der Waals surface area contributed by atoms with Gasteiger partial charge in [-0.2, -0.15) is 0 Å². The number of nitrogen functional groups attached to an aromatic ring is 1. The lowest BCUT2D eigenvalue weighted by atomic mass is 10.2. The molecule has 6 heteroatoms. The van der Waals surface area contributed by atoms with Crippen LogP contribution in [0.15, 0.2) is 40.9 Å². The van der Waals surface area contributed by atoms with Gasteiger partial charge in [0, 0.05) is 15.2 Å². The van der Waals surface area contributed by atoms with Gasteiger partial charge in [-0.1, -0.05) is 11.6 Å². The zero-order valence-corrected chi connectivity index (χ0v) is 11.9. The standard InChI is InChI=1S/C13H9BrClFN2O/c14-10-6-8(17)2-4-12(10)18-13(19)9-3-1-7(15)5-11(9)16/h1-6H,17H2,(H,18,19). The van der Waals surface area contributed by atoms with Crippen LogP contribution in [-0.4, -0.2) is 5.91 Å². The molecular weight excluding hydrogens is 335 g/mol. The molecule has 0 radical (unpaired) electrons. The third-order valence-corrected chi connectivity index (χ3v) is 3.31. The maximum Gasteiger partial charge on any atom is 0.258 e. The number of anilines is 2. The van der Waals surface area contributed by atoms with Crippen LogP contribution in [-0.2, 0) is 0 Å². The highest BCUT2D eigenvalue weighted by Gasteiger charge is 2.13. The minimum absolute atomic E-state index is 0.0758. The molecule has 0 saturated heterocycles. The van der Waals surface area contributed by atoms with Gasteiger partial charge in [0.1, 0.15) is 5.82 Å². The Labute approximate surface area is 122 Å². The zero-order chi connectivity index (χ0) is 14.0. The second-order valence-electron chi connectivity index (χ2n) is 3.82. The van der Waals surface area contributed by atoms with E-state index in [9.17, 15) is 9.18 Å². The molecule has 0 fully saturated rings. The summed E-state index contributed by atoms with van der Waals surface area (Å²) in [6.07, 6.45) is 0. The van der Waals surface area contributed by atoms with Crippen molar-refractivity contribution in [3.05, 3.63) is 57.3 Å². The van der Waals surface area contributed by atoms with Gasteiger partial charge in [0.2, 0.25) is 0 Å². The molecule has 3 nitrogen and oxygen atoms in total. The van der Waals surface area contributed by atoms with Crippen molar-refractivity contribution in [3.8, 4) is 0 Å². The molecule has 0 aliphatic carbocycles. The first-order chi connectivity index (χ1) is 8.97. The SMILES string of the molecule is Nc1ccc(NC(=O)c2ccc(Cl)cc2F)c(Br)c1. The molecule has 2 aromatic rings. The molecule has 2 rings (SSSR count). The van der Waals surface area contributed by atoms with Crippen molar-refractivity contribution in [2.75, 3.05) is 11.1 Å². The Morgan fingerprint density at radius 2 is 2.00 bits per heavy atom. The fourth-order valence-electron chi connectivity index (χ4n) is 1.50. The van der Waals surface area contributed by atoms with E-state index in [4.69, 9.17) is 17.3 Å². The van der Waals surface area contributed by atoms with Crippen LogP contribution in [0.5, 0.6) is 0 Å². The number of hydrogen-bond donors (Lipinski definition) is 2. The molecule has 0 atom stereocenters.